The Morgan fingerprint density at radius 2 is 2.32 bits per heavy atom. The highest BCUT2D eigenvalue weighted by atomic mass is 16.6. The number of hydrogen-bond acceptors (Lipinski definition) is 4. The van der Waals surface area contributed by atoms with E-state index in [-0.39, 0.29) is 12.4 Å². The van der Waals surface area contributed by atoms with E-state index in [2.05, 4.69) is 11.1 Å². The molecular weight excluding hydrogens is 240 g/mol. The van der Waals surface area contributed by atoms with E-state index in [0.717, 1.165) is 24.1 Å². The molecule has 3 rings (SSSR count). The van der Waals surface area contributed by atoms with E-state index in [1.807, 2.05) is 31.2 Å². The van der Waals surface area contributed by atoms with Gasteiger partial charge in [-0.3, -0.25) is 4.99 Å². The third kappa shape index (κ3) is 1.82. The maximum Gasteiger partial charge on any atom is 0.332 e. The number of ether oxygens (including phenoxy) is 1. The van der Waals surface area contributed by atoms with Crippen molar-refractivity contribution in [2.75, 3.05) is 0 Å². The summed E-state index contributed by atoms with van der Waals surface area (Å²) in [7, 11) is 0. The maximum absolute atomic E-state index is 11.9. The van der Waals surface area contributed by atoms with E-state index < -0.39 is 11.6 Å². The van der Waals surface area contributed by atoms with Crippen LogP contribution in [0.5, 0.6) is 0 Å². The van der Waals surface area contributed by atoms with Crippen molar-refractivity contribution in [1.82, 2.24) is 0 Å². The predicted molar refractivity (Wildman–Crippen MR) is 69.8 cm³/mol. The molecule has 1 aliphatic carbocycles. The van der Waals surface area contributed by atoms with Crippen molar-refractivity contribution in [3.63, 3.8) is 0 Å². The Morgan fingerprint density at radius 1 is 1.53 bits per heavy atom. The second-order valence-electron chi connectivity index (χ2n) is 5.16. The van der Waals surface area contributed by atoms with Crippen LogP contribution in [0.3, 0.4) is 0 Å². The Kier molecular flexibility index (Phi) is 2.63. The van der Waals surface area contributed by atoms with E-state index in [9.17, 15) is 4.79 Å². The summed E-state index contributed by atoms with van der Waals surface area (Å²) in [6.45, 7) is 1.91. The van der Waals surface area contributed by atoms with Gasteiger partial charge in [0.15, 0.2) is 11.6 Å². The average molecular weight is 254 g/mol. The van der Waals surface area contributed by atoms with Crippen molar-refractivity contribution in [3.8, 4) is 6.07 Å². The van der Waals surface area contributed by atoms with Gasteiger partial charge in [-0.1, -0.05) is 24.3 Å². The fourth-order valence-corrected chi connectivity index (χ4v) is 2.77. The summed E-state index contributed by atoms with van der Waals surface area (Å²) < 4.78 is 5.58. The summed E-state index contributed by atoms with van der Waals surface area (Å²) in [5.74, 6) is -0.382. The third-order valence-electron chi connectivity index (χ3n) is 3.81. The van der Waals surface area contributed by atoms with Crippen LogP contribution in [0.15, 0.2) is 29.3 Å². The molecule has 0 N–H and O–H groups in total. The molecule has 96 valence electrons. The molecule has 2 aliphatic rings. The van der Waals surface area contributed by atoms with Gasteiger partial charge in [0.1, 0.15) is 0 Å². The van der Waals surface area contributed by atoms with Crippen LogP contribution in [0, 0.1) is 11.3 Å². The van der Waals surface area contributed by atoms with Crippen molar-refractivity contribution >= 4 is 11.7 Å². The molecular formula is C15H14N2O2. The highest BCUT2D eigenvalue weighted by molar-refractivity contribution is 6.11. The van der Waals surface area contributed by atoms with Crippen LogP contribution in [0.1, 0.15) is 30.9 Å². The lowest BCUT2D eigenvalue weighted by Crippen LogP contribution is -2.50. The fraction of sp³-hybridized carbons (Fsp3) is 0.400. The Balaban J connectivity index is 2.12. The summed E-state index contributed by atoms with van der Waals surface area (Å²) in [4.78, 5) is 16.4. The van der Waals surface area contributed by atoms with Crippen LogP contribution in [0.25, 0.3) is 0 Å². The number of nitrogens with zero attached hydrogens (tertiary/aromatic N) is 2. The van der Waals surface area contributed by atoms with Gasteiger partial charge in [-0.15, -0.1) is 0 Å². The minimum Gasteiger partial charge on any atom is -0.451 e. The molecule has 0 spiro atoms. The first-order chi connectivity index (χ1) is 9.14. The Hall–Kier alpha value is -2.15. The van der Waals surface area contributed by atoms with Crippen molar-refractivity contribution in [2.45, 2.75) is 37.8 Å². The third-order valence-corrected chi connectivity index (χ3v) is 3.81. The molecule has 0 saturated heterocycles. The van der Waals surface area contributed by atoms with Crippen LogP contribution in [0.2, 0.25) is 0 Å². The van der Waals surface area contributed by atoms with Gasteiger partial charge in [0.25, 0.3) is 0 Å². The van der Waals surface area contributed by atoms with Gasteiger partial charge in [0.05, 0.1) is 18.2 Å². The van der Waals surface area contributed by atoms with Gasteiger partial charge < -0.3 is 4.74 Å². The molecule has 1 aromatic carbocycles. The number of esters is 1. The average Bonchev–Trinajstić information content (AvgIpc) is 2.40. The number of hydrogen-bond donors (Lipinski definition) is 0. The molecule has 0 radical (unpaired) electrons. The molecule has 0 aromatic heterocycles. The van der Waals surface area contributed by atoms with E-state index in [4.69, 9.17) is 10.00 Å². The second-order valence-corrected chi connectivity index (χ2v) is 5.16. The van der Waals surface area contributed by atoms with Gasteiger partial charge in [0, 0.05) is 5.56 Å². The van der Waals surface area contributed by atoms with Crippen LogP contribution < -0.4 is 0 Å². The molecule has 1 aliphatic heterocycles. The van der Waals surface area contributed by atoms with E-state index >= 15 is 0 Å². The predicted octanol–water partition coefficient (Wildman–Crippen LogP) is 2.02. The molecule has 19 heavy (non-hydrogen) atoms. The Morgan fingerprint density at radius 3 is 3.11 bits per heavy atom. The number of benzene rings is 1. The standard InChI is InChI=1S/C15H14N2O2/c1-15-8-6-10-4-2-3-5-11(10)13(15)17-12(7-9-16)14(18)19-15/h2-5,12H,6-8H2,1H3/t12-,15-/m0/s1. The Bertz CT molecular complexity index is 615. The quantitative estimate of drug-likeness (QED) is 0.720. The van der Waals surface area contributed by atoms with Gasteiger partial charge in [0.2, 0.25) is 0 Å². The lowest BCUT2D eigenvalue weighted by molar-refractivity contribution is -0.156. The minimum atomic E-state index is -0.681. The zero-order valence-electron chi connectivity index (χ0n) is 10.7. The zero-order chi connectivity index (χ0) is 13.5. The maximum atomic E-state index is 11.9. The first-order valence-electron chi connectivity index (χ1n) is 6.40. The molecule has 1 aromatic rings. The first kappa shape index (κ1) is 11.9. The van der Waals surface area contributed by atoms with E-state index in [1.54, 1.807) is 0 Å². The monoisotopic (exact) mass is 254 g/mol. The number of aryl methyl sites for hydroxylation is 1. The van der Waals surface area contributed by atoms with Crippen molar-refractivity contribution in [1.29, 1.82) is 5.26 Å². The topological polar surface area (TPSA) is 62.5 Å². The normalized spacial score (nSPS) is 28.5. The fourth-order valence-electron chi connectivity index (χ4n) is 2.77. The molecule has 4 nitrogen and oxygen atoms in total. The summed E-state index contributed by atoms with van der Waals surface area (Å²) in [5.41, 5.74) is 2.45. The summed E-state index contributed by atoms with van der Waals surface area (Å²) in [5, 5.41) is 8.76. The van der Waals surface area contributed by atoms with Crippen molar-refractivity contribution in [3.05, 3.63) is 35.4 Å². The minimum absolute atomic E-state index is 0.0700. The Labute approximate surface area is 111 Å². The number of carbonyl (C=O) groups is 1. The van der Waals surface area contributed by atoms with Gasteiger partial charge in [-0.25, -0.2) is 4.79 Å². The van der Waals surface area contributed by atoms with E-state index in [1.165, 1.54) is 5.56 Å². The van der Waals surface area contributed by atoms with Crippen LogP contribution in [-0.2, 0) is 16.0 Å². The number of rotatable bonds is 1. The van der Waals surface area contributed by atoms with Gasteiger partial charge >= 0.3 is 5.97 Å². The highest BCUT2D eigenvalue weighted by Gasteiger charge is 2.44. The van der Waals surface area contributed by atoms with Crippen molar-refractivity contribution in [2.24, 2.45) is 4.99 Å². The molecule has 0 fully saturated rings. The summed E-state index contributed by atoms with van der Waals surface area (Å²) in [6, 6.07) is 9.36. The number of fused-ring (bicyclic) bond motifs is 3. The first-order valence-corrected chi connectivity index (χ1v) is 6.40. The number of aliphatic imine (C=N–C) groups is 1. The van der Waals surface area contributed by atoms with Crippen molar-refractivity contribution < 1.29 is 9.53 Å². The SMILES string of the molecule is C[C@]12CCc3ccccc3C1=N[C@@H](CC#N)C(=O)O2. The summed E-state index contributed by atoms with van der Waals surface area (Å²) in [6.07, 6.45) is 1.69. The molecule has 2 atom stereocenters. The second kappa shape index (κ2) is 4.20. The van der Waals surface area contributed by atoms with Crippen LogP contribution >= 0.6 is 0 Å². The smallest absolute Gasteiger partial charge is 0.332 e. The molecule has 1 heterocycles. The zero-order valence-corrected chi connectivity index (χ0v) is 10.7. The molecule has 0 amide bonds. The van der Waals surface area contributed by atoms with Crippen LogP contribution in [-0.4, -0.2) is 23.3 Å². The highest BCUT2D eigenvalue weighted by Crippen LogP contribution is 2.35. The summed E-state index contributed by atoms with van der Waals surface area (Å²) >= 11 is 0. The lowest BCUT2D eigenvalue weighted by Gasteiger charge is -2.39. The molecule has 4 heteroatoms. The molecule has 0 bridgehead atoms. The van der Waals surface area contributed by atoms with Crippen LogP contribution in [0.4, 0.5) is 0 Å². The molecule has 0 unspecified atom stereocenters. The van der Waals surface area contributed by atoms with E-state index in [0.29, 0.717) is 0 Å². The lowest BCUT2D eigenvalue weighted by atomic mass is 9.78. The van der Waals surface area contributed by atoms with Gasteiger partial charge in [-0.05, 0) is 25.3 Å². The van der Waals surface area contributed by atoms with Gasteiger partial charge in [-0.2, -0.15) is 5.26 Å². The molecule has 0 saturated carbocycles. The largest absolute Gasteiger partial charge is 0.451 e. The number of nitriles is 1. The number of carbonyl (C=O) groups excluding carboxylic acids is 1.